The number of carbonyl (C=O) groups excluding carboxylic acids is 3. The van der Waals surface area contributed by atoms with E-state index in [1.165, 1.54) is 13.3 Å². The molecule has 0 saturated heterocycles. The van der Waals surface area contributed by atoms with Crippen molar-refractivity contribution in [2.75, 3.05) is 20.3 Å². The summed E-state index contributed by atoms with van der Waals surface area (Å²) in [6.07, 6.45) is 2.23. The van der Waals surface area contributed by atoms with E-state index < -0.39 is 17.8 Å². The summed E-state index contributed by atoms with van der Waals surface area (Å²) < 4.78 is 16.9. The van der Waals surface area contributed by atoms with E-state index in [-0.39, 0.29) is 12.3 Å². The minimum absolute atomic E-state index is 0.255. The van der Waals surface area contributed by atoms with Crippen LogP contribution in [-0.4, -0.2) is 44.3 Å². The van der Waals surface area contributed by atoms with Gasteiger partial charge in [-0.25, -0.2) is 10.2 Å². The van der Waals surface area contributed by atoms with Crippen molar-refractivity contribution < 1.29 is 28.6 Å². The SMILES string of the molecule is CCCOc1ccc(C(=O)Oc2ccc(Br)cc2/C=N/NC(=O)CNC(=O)c2ccc(OC)cc2)cc1. The van der Waals surface area contributed by atoms with Crippen LogP contribution in [0.25, 0.3) is 0 Å². The summed E-state index contributed by atoms with van der Waals surface area (Å²) in [5.41, 5.74) is 3.54. The van der Waals surface area contributed by atoms with E-state index >= 15 is 0 Å². The molecule has 2 N–H and O–H groups in total. The average molecular weight is 568 g/mol. The van der Waals surface area contributed by atoms with E-state index in [4.69, 9.17) is 14.2 Å². The van der Waals surface area contributed by atoms with Crippen molar-refractivity contribution in [3.63, 3.8) is 0 Å². The second-order valence-electron chi connectivity index (χ2n) is 7.65. The third-order valence-corrected chi connectivity index (χ3v) is 5.39. The van der Waals surface area contributed by atoms with Gasteiger partial charge in [0.1, 0.15) is 17.2 Å². The van der Waals surface area contributed by atoms with Crippen molar-refractivity contribution in [3.8, 4) is 17.2 Å². The first-order valence-electron chi connectivity index (χ1n) is 11.4. The lowest BCUT2D eigenvalue weighted by atomic mass is 10.2. The number of carbonyl (C=O) groups is 3. The molecular formula is C27H26BrN3O6. The molecule has 0 aromatic heterocycles. The van der Waals surface area contributed by atoms with E-state index in [1.807, 2.05) is 6.92 Å². The Morgan fingerprint density at radius 2 is 1.62 bits per heavy atom. The lowest BCUT2D eigenvalue weighted by molar-refractivity contribution is -0.120. The highest BCUT2D eigenvalue weighted by Crippen LogP contribution is 2.23. The highest BCUT2D eigenvalue weighted by Gasteiger charge is 2.12. The molecule has 0 aliphatic heterocycles. The van der Waals surface area contributed by atoms with Gasteiger partial charge in [0.15, 0.2) is 0 Å². The van der Waals surface area contributed by atoms with Crippen molar-refractivity contribution in [3.05, 3.63) is 87.9 Å². The minimum atomic E-state index is -0.552. The summed E-state index contributed by atoms with van der Waals surface area (Å²) >= 11 is 3.37. The fraction of sp³-hybridized carbons (Fsp3) is 0.185. The summed E-state index contributed by atoms with van der Waals surface area (Å²) in [5, 5.41) is 6.43. The number of halogens is 1. The van der Waals surface area contributed by atoms with Crippen LogP contribution in [0.3, 0.4) is 0 Å². The molecule has 0 unspecified atom stereocenters. The summed E-state index contributed by atoms with van der Waals surface area (Å²) in [7, 11) is 1.53. The zero-order chi connectivity index (χ0) is 26.6. The Morgan fingerprint density at radius 3 is 2.30 bits per heavy atom. The molecule has 3 aromatic rings. The first-order valence-corrected chi connectivity index (χ1v) is 12.2. The highest BCUT2D eigenvalue weighted by molar-refractivity contribution is 9.10. The maximum absolute atomic E-state index is 12.6. The van der Waals surface area contributed by atoms with E-state index in [9.17, 15) is 14.4 Å². The molecule has 37 heavy (non-hydrogen) atoms. The second-order valence-corrected chi connectivity index (χ2v) is 8.56. The largest absolute Gasteiger partial charge is 0.497 e. The van der Waals surface area contributed by atoms with Gasteiger partial charge >= 0.3 is 5.97 Å². The summed E-state index contributed by atoms with van der Waals surface area (Å²) in [6.45, 7) is 2.33. The fourth-order valence-corrected chi connectivity index (χ4v) is 3.38. The van der Waals surface area contributed by atoms with Crippen LogP contribution < -0.4 is 25.0 Å². The van der Waals surface area contributed by atoms with Crippen LogP contribution in [0.4, 0.5) is 0 Å². The lowest BCUT2D eigenvalue weighted by Crippen LogP contribution is -2.34. The molecule has 3 rings (SSSR count). The van der Waals surface area contributed by atoms with Crippen molar-refractivity contribution in [1.82, 2.24) is 10.7 Å². The third kappa shape index (κ3) is 8.46. The van der Waals surface area contributed by atoms with Crippen molar-refractivity contribution >= 4 is 39.9 Å². The molecule has 0 aliphatic rings. The third-order valence-electron chi connectivity index (χ3n) is 4.89. The number of nitrogens with zero attached hydrogens (tertiary/aromatic N) is 1. The van der Waals surface area contributed by atoms with E-state index in [0.717, 1.165) is 10.9 Å². The van der Waals surface area contributed by atoms with Gasteiger partial charge in [-0.1, -0.05) is 22.9 Å². The van der Waals surface area contributed by atoms with Crippen LogP contribution in [0.1, 0.15) is 39.6 Å². The Bertz CT molecular complexity index is 1260. The van der Waals surface area contributed by atoms with Gasteiger partial charge in [-0.05, 0) is 73.2 Å². The maximum atomic E-state index is 12.6. The highest BCUT2D eigenvalue weighted by atomic mass is 79.9. The summed E-state index contributed by atoms with van der Waals surface area (Å²) in [5.74, 6) is 0.0570. The van der Waals surface area contributed by atoms with Gasteiger partial charge in [0.05, 0.1) is 32.0 Å². The fourth-order valence-electron chi connectivity index (χ4n) is 3.00. The Morgan fingerprint density at radius 1 is 0.946 bits per heavy atom. The molecule has 0 fully saturated rings. The lowest BCUT2D eigenvalue weighted by Gasteiger charge is -2.09. The van der Waals surface area contributed by atoms with Crippen LogP contribution in [0.5, 0.6) is 17.2 Å². The summed E-state index contributed by atoms with van der Waals surface area (Å²) in [6, 6.07) is 18.2. The number of nitrogens with one attached hydrogen (secondary N) is 2. The van der Waals surface area contributed by atoms with E-state index in [1.54, 1.807) is 66.7 Å². The molecule has 192 valence electrons. The zero-order valence-electron chi connectivity index (χ0n) is 20.3. The number of methoxy groups -OCH3 is 1. The molecule has 0 spiro atoms. The molecular weight excluding hydrogens is 542 g/mol. The Hall–Kier alpha value is -4.18. The van der Waals surface area contributed by atoms with Crippen molar-refractivity contribution in [2.24, 2.45) is 5.10 Å². The summed E-state index contributed by atoms with van der Waals surface area (Å²) in [4.78, 5) is 36.9. The van der Waals surface area contributed by atoms with Gasteiger partial charge < -0.3 is 19.5 Å². The van der Waals surface area contributed by atoms with Crippen LogP contribution in [0.2, 0.25) is 0 Å². The van der Waals surface area contributed by atoms with Gasteiger partial charge in [0.25, 0.3) is 11.8 Å². The van der Waals surface area contributed by atoms with Gasteiger partial charge in [0.2, 0.25) is 0 Å². The number of esters is 1. The van der Waals surface area contributed by atoms with Crippen LogP contribution in [-0.2, 0) is 4.79 Å². The molecule has 3 aromatic carbocycles. The number of ether oxygens (including phenoxy) is 3. The molecule has 0 saturated carbocycles. The van der Waals surface area contributed by atoms with Crippen molar-refractivity contribution in [1.29, 1.82) is 0 Å². The molecule has 0 aliphatic carbocycles. The number of hydrogen-bond acceptors (Lipinski definition) is 7. The maximum Gasteiger partial charge on any atom is 0.343 e. The van der Waals surface area contributed by atoms with Gasteiger partial charge in [-0.3, -0.25) is 9.59 Å². The number of rotatable bonds is 11. The van der Waals surface area contributed by atoms with Crippen molar-refractivity contribution in [2.45, 2.75) is 13.3 Å². The molecule has 0 radical (unpaired) electrons. The molecule has 0 heterocycles. The van der Waals surface area contributed by atoms with Crippen LogP contribution in [0, 0.1) is 0 Å². The molecule has 10 heteroatoms. The normalized spacial score (nSPS) is 10.6. The number of hydrazone groups is 1. The van der Waals surface area contributed by atoms with Gasteiger partial charge in [-0.2, -0.15) is 5.10 Å². The number of hydrogen-bond donors (Lipinski definition) is 2. The van der Waals surface area contributed by atoms with E-state index in [2.05, 4.69) is 31.8 Å². The molecule has 2 amide bonds. The topological polar surface area (TPSA) is 115 Å². The van der Waals surface area contributed by atoms with Crippen LogP contribution in [0.15, 0.2) is 76.3 Å². The second kappa shape index (κ2) is 13.8. The molecule has 0 bridgehead atoms. The Balaban J connectivity index is 1.56. The number of amides is 2. The van der Waals surface area contributed by atoms with Crippen LogP contribution >= 0.6 is 15.9 Å². The smallest absolute Gasteiger partial charge is 0.343 e. The first-order chi connectivity index (χ1) is 17.9. The standard InChI is InChI=1S/C27H26BrN3O6/c1-3-14-36-23-11-6-19(7-12-23)27(34)37-24-13-8-21(28)15-20(24)16-30-31-25(32)17-29-26(33)18-4-9-22(35-2)10-5-18/h4-13,15-16H,3,14,17H2,1-2H3,(H,29,33)(H,31,32)/b30-16+. The predicted octanol–water partition coefficient (Wildman–Crippen LogP) is 4.35. The predicted molar refractivity (Wildman–Crippen MR) is 142 cm³/mol. The quantitative estimate of drug-likeness (QED) is 0.154. The number of benzene rings is 3. The van der Waals surface area contributed by atoms with Gasteiger partial charge in [0, 0.05) is 15.6 Å². The first kappa shape index (κ1) is 27.4. The molecule has 9 nitrogen and oxygen atoms in total. The van der Waals surface area contributed by atoms with Gasteiger partial charge in [-0.15, -0.1) is 0 Å². The monoisotopic (exact) mass is 567 g/mol. The minimum Gasteiger partial charge on any atom is -0.497 e. The Kier molecular flexibility index (Phi) is 10.2. The molecule has 0 atom stereocenters. The zero-order valence-corrected chi connectivity index (χ0v) is 21.9. The van der Waals surface area contributed by atoms with E-state index in [0.29, 0.717) is 34.8 Å². The average Bonchev–Trinajstić information content (AvgIpc) is 2.92. The Labute approximate surface area is 222 Å².